The molecule has 1 aromatic rings. The molecule has 1 aromatic carbocycles. The quantitative estimate of drug-likeness (QED) is 0.495. The molecule has 0 aliphatic carbocycles. The van der Waals surface area contributed by atoms with E-state index in [4.69, 9.17) is 22.7 Å². The fourth-order valence-corrected chi connectivity index (χ4v) is 1.54. The number of nitrogens with zero attached hydrogens (tertiary/aromatic N) is 1. The van der Waals surface area contributed by atoms with Crippen molar-refractivity contribution in [2.45, 2.75) is 26.4 Å². The van der Waals surface area contributed by atoms with Crippen LogP contribution in [0.5, 0.6) is 5.75 Å². The molecule has 0 heterocycles. The van der Waals surface area contributed by atoms with Crippen LogP contribution in [0.15, 0.2) is 18.2 Å². The second-order valence-electron chi connectivity index (χ2n) is 3.87. The van der Waals surface area contributed by atoms with E-state index in [-0.39, 0.29) is 17.5 Å². The average molecular weight is 254 g/mol. The number of nitrogens with two attached hydrogens (primary N) is 1. The Balaban J connectivity index is 3.08. The number of rotatable bonds is 5. The van der Waals surface area contributed by atoms with Crippen molar-refractivity contribution < 1.29 is 9.66 Å². The summed E-state index contributed by atoms with van der Waals surface area (Å²) in [7, 11) is 0. The minimum Gasteiger partial charge on any atom is -0.484 e. The number of hydrogen-bond donors (Lipinski definition) is 1. The molecule has 5 nitrogen and oxygen atoms in total. The summed E-state index contributed by atoms with van der Waals surface area (Å²) in [6, 6.07) is 4.74. The minimum atomic E-state index is -0.471. The molecule has 0 spiro atoms. The molecule has 0 saturated carbocycles. The first-order valence-corrected chi connectivity index (χ1v) is 5.53. The number of nitro benzene ring substituents is 1. The Hall–Kier alpha value is -1.69. The van der Waals surface area contributed by atoms with Crippen LogP contribution in [0.25, 0.3) is 0 Å². The zero-order chi connectivity index (χ0) is 13.0. The SMILES string of the molecule is CC(C)Oc1ccc(CC(N)=S)cc1[N+](=O)[O-]. The number of benzene rings is 1. The van der Waals surface area contributed by atoms with Crippen molar-refractivity contribution in [2.75, 3.05) is 0 Å². The standard InChI is InChI=1S/C11H14N2O3S/c1-7(2)16-10-4-3-8(6-11(12)17)5-9(10)13(14)15/h3-5,7H,6H2,1-2H3,(H2,12,17). The smallest absolute Gasteiger partial charge is 0.311 e. The molecule has 0 aromatic heterocycles. The van der Waals surface area contributed by atoms with Gasteiger partial charge in [0.05, 0.1) is 16.0 Å². The summed E-state index contributed by atoms with van der Waals surface area (Å²) in [5.74, 6) is 0.261. The number of nitro groups is 1. The molecule has 1 rings (SSSR count). The molecule has 0 saturated heterocycles. The summed E-state index contributed by atoms with van der Waals surface area (Å²) < 4.78 is 5.36. The first-order valence-electron chi connectivity index (χ1n) is 5.12. The Morgan fingerprint density at radius 3 is 2.71 bits per heavy atom. The zero-order valence-electron chi connectivity index (χ0n) is 9.67. The third-order valence-electron chi connectivity index (χ3n) is 1.96. The molecule has 2 N–H and O–H groups in total. The van der Waals surface area contributed by atoms with Gasteiger partial charge in [-0.1, -0.05) is 18.3 Å². The zero-order valence-corrected chi connectivity index (χ0v) is 10.5. The molecular weight excluding hydrogens is 240 g/mol. The highest BCUT2D eigenvalue weighted by Crippen LogP contribution is 2.29. The van der Waals surface area contributed by atoms with Gasteiger partial charge in [-0.3, -0.25) is 10.1 Å². The van der Waals surface area contributed by atoms with Gasteiger partial charge in [0.1, 0.15) is 0 Å². The molecule has 0 fully saturated rings. The van der Waals surface area contributed by atoms with Gasteiger partial charge in [-0.15, -0.1) is 0 Å². The van der Waals surface area contributed by atoms with E-state index in [2.05, 4.69) is 0 Å². The van der Waals surface area contributed by atoms with Crippen LogP contribution in [0, 0.1) is 10.1 Å². The Morgan fingerprint density at radius 2 is 2.24 bits per heavy atom. The van der Waals surface area contributed by atoms with E-state index in [9.17, 15) is 10.1 Å². The molecule has 0 bridgehead atoms. The van der Waals surface area contributed by atoms with E-state index < -0.39 is 4.92 Å². The lowest BCUT2D eigenvalue weighted by Crippen LogP contribution is -2.12. The minimum absolute atomic E-state index is 0.0625. The predicted octanol–water partition coefficient (Wildman–Crippen LogP) is 2.21. The van der Waals surface area contributed by atoms with Gasteiger partial charge in [0.15, 0.2) is 5.75 Å². The van der Waals surface area contributed by atoms with Gasteiger partial charge in [0.2, 0.25) is 0 Å². The second-order valence-corrected chi connectivity index (χ2v) is 4.39. The van der Waals surface area contributed by atoms with Gasteiger partial charge in [0.25, 0.3) is 0 Å². The summed E-state index contributed by atoms with van der Waals surface area (Å²) in [4.78, 5) is 10.7. The van der Waals surface area contributed by atoms with Crippen molar-refractivity contribution in [3.63, 3.8) is 0 Å². The number of ether oxygens (including phenoxy) is 1. The fourth-order valence-electron chi connectivity index (χ4n) is 1.37. The average Bonchev–Trinajstić information content (AvgIpc) is 2.18. The van der Waals surface area contributed by atoms with Crippen LogP contribution in [0.1, 0.15) is 19.4 Å². The van der Waals surface area contributed by atoms with Crippen molar-refractivity contribution in [2.24, 2.45) is 5.73 Å². The third-order valence-corrected chi connectivity index (χ3v) is 2.11. The summed E-state index contributed by atoms with van der Waals surface area (Å²) in [5.41, 5.74) is 6.05. The molecule has 17 heavy (non-hydrogen) atoms. The topological polar surface area (TPSA) is 78.4 Å². The summed E-state index contributed by atoms with van der Waals surface area (Å²) >= 11 is 4.77. The van der Waals surface area contributed by atoms with E-state index >= 15 is 0 Å². The third kappa shape index (κ3) is 3.99. The van der Waals surface area contributed by atoms with Gasteiger partial charge in [-0.05, 0) is 25.5 Å². The van der Waals surface area contributed by atoms with Gasteiger partial charge in [-0.25, -0.2) is 0 Å². The normalized spacial score (nSPS) is 10.3. The lowest BCUT2D eigenvalue weighted by molar-refractivity contribution is -0.386. The van der Waals surface area contributed by atoms with E-state index in [1.807, 2.05) is 13.8 Å². The molecule has 0 radical (unpaired) electrons. The predicted molar refractivity (Wildman–Crippen MR) is 69.3 cm³/mol. The molecular formula is C11H14N2O3S. The van der Waals surface area contributed by atoms with E-state index in [1.54, 1.807) is 12.1 Å². The van der Waals surface area contributed by atoms with Crippen LogP contribution in [0.3, 0.4) is 0 Å². The Kier molecular flexibility index (Phi) is 4.39. The largest absolute Gasteiger partial charge is 0.484 e. The molecule has 92 valence electrons. The number of hydrogen-bond acceptors (Lipinski definition) is 4. The molecule has 0 aliphatic rings. The lowest BCUT2D eigenvalue weighted by atomic mass is 10.1. The lowest BCUT2D eigenvalue weighted by Gasteiger charge is -2.10. The van der Waals surface area contributed by atoms with Crippen LogP contribution in [-0.4, -0.2) is 16.0 Å². The van der Waals surface area contributed by atoms with Crippen molar-refractivity contribution in [3.8, 4) is 5.75 Å². The van der Waals surface area contributed by atoms with E-state index in [0.29, 0.717) is 17.0 Å². The van der Waals surface area contributed by atoms with Gasteiger partial charge < -0.3 is 10.5 Å². The fraction of sp³-hybridized carbons (Fsp3) is 0.364. The monoisotopic (exact) mass is 254 g/mol. The van der Waals surface area contributed by atoms with Crippen LogP contribution in [0.2, 0.25) is 0 Å². The molecule has 6 heteroatoms. The highest BCUT2D eigenvalue weighted by molar-refractivity contribution is 7.80. The molecule has 0 aliphatic heterocycles. The first-order chi connectivity index (χ1) is 7.90. The maximum atomic E-state index is 10.9. The van der Waals surface area contributed by atoms with Crippen LogP contribution in [-0.2, 0) is 6.42 Å². The van der Waals surface area contributed by atoms with Gasteiger partial charge >= 0.3 is 5.69 Å². The van der Waals surface area contributed by atoms with Crippen LogP contribution >= 0.6 is 12.2 Å². The van der Waals surface area contributed by atoms with Crippen LogP contribution < -0.4 is 10.5 Å². The van der Waals surface area contributed by atoms with Crippen molar-refractivity contribution in [1.82, 2.24) is 0 Å². The van der Waals surface area contributed by atoms with Gasteiger partial charge in [-0.2, -0.15) is 0 Å². The Bertz CT molecular complexity index is 446. The molecule has 0 atom stereocenters. The summed E-state index contributed by atoms with van der Waals surface area (Å²) in [6.07, 6.45) is 0.230. The van der Waals surface area contributed by atoms with Crippen molar-refractivity contribution >= 4 is 22.9 Å². The maximum Gasteiger partial charge on any atom is 0.311 e. The Labute approximate surface area is 105 Å². The number of thiocarbonyl (C=S) groups is 1. The van der Waals surface area contributed by atoms with Crippen molar-refractivity contribution in [3.05, 3.63) is 33.9 Å². The molecule has 0 unspecified atom stereocenters. The van der Waals surface area contributed by atoms with E-state index in [0.717, 1.165) is 0 Å². The first kappa shape index (κ1) is 13.4. The summed E-state index contributed by atoms with van der Waals surface area (Å²) in [6.45, 7) is 3.62. The maximum absolute atomic E-state index is 10.9. The van der Waals surface area contributed by atoms with Crippen molar-refractivity contribution in [1.29, 1.82) is 0 Å². The van der Waals surface area contributed by atoms with Gasteiger partial charge in [0, 0.05) is 12.5 Å². The second kappa shape index (κ2) is 5.58. The Morgan fingerprint density at radius 1 is 1.59 bits per heavy atom. The molecule has 0 amide bonds. The van der Waals surface area contributed by atoms with E-state index in [1.165, 1.54) is 6.07 Å². The highest BCUT2D eigenvalue weighted by Gasteiger charge is 2.17. The van der Waals surface area contributed by atoms with Crippen LogP contribution in [0.4, 0.5) is 5.69 Å². The summed E-state index contributed by atoms with van der Waals surface area (Å²) in [5, 5.41) is 10.9. The highest BCUT2D eigenvalue weighted by atomic mass is 32.1.